The van der Waals surface area contributed by atoms with E-state index in [2.05, 4.69) is 0 Å². The molecule has 0 saturated heterocycles. The fourth-order valence-electron chi connectivity index (χ4n) is 8.06. The molecule has 1 N–H and O–H groups in total. The highest BCUT2D eigenvalue weighted by Crippen LogP contribution is 2.58. The van der Waals surface area contributed by atoms with Crippen molar-refractivity contribution in [3.05, 3.63) is 178 Å². The predicted octanol–water partition coefficient (Wildman–Crippen LogP) is 10.8. The number of cyclic esters (lactones) is 2. The topological polar surface area (TPSA) is 210 Å². The molecule has 19 heteroatoms. The number of esters is 2. The zero-order valence-corrected chi connectivity index (χ0v) is 43.9. The minimum absolute atomic E-state index is 0.00451. The third-order valence-electron chi connectivity index (χ3n) is 11.7. The Morgan fingerprint density at radius 3 is 1.19 bits per heavy atom. The lowest BCUT2D eigenvalue weighted by atomic mass is 9.91. The van der Waals surface area contributed by atoms with Gasteiger partial charge in [-0.25, -0.2) is 14.4 Å². The van der Waals surface area contributed by atoms with Gasteiger partial charge in [0.15, 0.2) is 61.7 Å². The molecule has 79 heavy (non-hydrogen) atoms. The van der Waals surface area contributed by atoms with E-state index in [1.807, 2.05) is 121 Å². The predicted molar refractivity (Wildman–Crippen MR) is 284 cm³/mol. The first-order valence-electron chi connectivity index (χ1n) is 24.7. The molecule has 8 rings (SSSR count). The van der Waals surface area contributed by atoms with Crippen molar-refractivity contribution in [2.45, 2.75) is 32.8 Å². The summed E-state index contributed by atoms with van der Waals surface area (Å²) in [5.41, 5.74) is 1.58. The summed E-state index contributed by atoms with van der Waals surface area (Å²) in [6, 6.07) is 40.7. The van der Waals surface area contributed by atoms with Crippen molar-refractivity contribution in [2.75, 3.05) is 68.8 Å². The van der Waals surface area contributed by atoms with Gasteiger partial charge >= 0.3 is 17.9 Å². The lowest BCUT2D eigenvalue weighted by Gasteiger charge is -2.27. The Labute approximate surface area is 455 Å². The summed E-state index contributed by atoms with van der Waals surface area (Å²) in [6.07, 6.45) is 0.102. The van der Waals surface area contributed by atoms with Gasteiger partial charge in [-0.15, -0.1) is 0 Å². The first kappa shape index (κ1) is 56.2. The summed E-state index contributed by atoms with van der Waals surface area (Å²) in [7, 11) is 5.50. The van der Waals surface area contributed by atoms with Crippen molar-refractivity contribution in [2.24, 2.45) is 0 Å². The maximum Gasteiger partial charge on any atom is 0.339 e. The first-order valence-corrected chi connectivity index (χ1v) is 24.7. The average Bonchev–Trinajstić information content (AvgIpc) is 3.60. The maximum absolute atomic E-state index is 14.8. The first-order chi connectivity index (χ1) is 38.7. The van der Waals surface area contributed by atoms with Crippen molar-refractivity contribution < 1.29 is 90.5 Å². The smallest absolute Gasteiger partial charge is 0.339 e. The molecule has 0 spiro atoms. The van der Waals surface area contributed by atoms with Crippen LogP contribution in [0.3, 0.4) is 0 Å². The van der Waals surface area contributed by atoms with Gasteiger partial charge in [-0.3, -0.25) is 0 Å². The molecule has 1 heterocycles. The summed E-state index contributed by atoms with van der Waals surface area (Å²) in [6.45, 7) is -2.36. The van der Waals surface area contributed by atoms with E-state index < -0.39 is 55.3 Å². The van der Waals surface area contributed by atoms with Crippen LogP contribution in [0.1, 0.15) is 59.7 Å². The van der Waals surface area contributed by atoms with Crippen LogP contribution in [0.5, 0.6) is 57.5 Å². The molecule has 19 nitrogen and oxygen atoms in total. The molecule has 0 unspecified atom stereocenters. The quantitative estimate of drug-likeness (QED) is 0.0375. The zero-order chi connectivity index (χ0) is 55.3. The molecule has 0 bridgehead atoms. The van der Waals surface area contributed by atoms with Crippen LogP contribution in [-0.2, 0) is 54.8 Å². The standard InChI is InChI=1S/C60H58O19/c1-65-35-75-47-28-43-49(55(77-37-67-3)52(47)72-32-40-20-11-6-12-21-40)50-44(60(64)70-27-17-26-69-59(43)63)29-48(76-36-66-2)54(56(50)78-38-68-4)79-51-45(58(61)62)30-46(71-31-39-18-9-5-10-19-39)53(73-33-41-22-13-7-14-23-41)57(51)74-34-42-24-15-8-16-25-42/h5-16,18-25,28-30H,17,26-27,31-38H2,1-4H3,(H,61,62). The van der Waals surface area contributed by atoms with E-state index in [1.165, 1.54) is 46.6 Å². The highest BCUT2D eigenvalue weighted by Gasteiger charge is 2.38. The molecule has 1 aliphatic rings. The number of hydrogen-bond donors (Lipinski definition) is 1. The molecule has 7 aromatic rings. The van der Waals surface area contributed by atoms with Gasteiger partial charge in [-0.2, -0.15) is 0 Å². The number of fused-ring (bicyclic) bond motifs is 3. The maximum atomic E-state index is 14.8. The molecular formula is C60H58O19. The summed E-state index contributed by atoms with van der Waals surface area (Å²) >= 11 is 0. The van der Waals surface area contributed by atoms with Gasteiger partial charge in [0.1, 0.15) is 32.0 Å². The molecule has 412 valence electrons. The van der Waals surface area contributed by atoms with Gasteiger partial charge in [-0.1, -0.05) is 121 Å². The lowest BCUT2D eigenvalue weighted by Crippen LogP contribution is -2.16. The molecule has 7 aromatic carbocycles. The Kier molecular flexibility index (Phi) is 20.2. The Balaban J connectivity index is 1.47. The Bertz CT molecular complexity index is 3140. The molecule has 0 aromatic heterocycles. The largest absolute Gasteiger partial charge is 0.485 e. The van der Waals surface area contributed by atoms with Crippen LogP contribution in [0.4, 0.5) is 0 Å². The van der Waals surface area contributed by atoms with Crippen LogP contribution in [0.15, 0.2) is 140 Å². The minimum Gasteiger partial charge on any atom is -0.485 e. The number of ether oxygens (including phenoxy) is 15. The van der Waals surface area contributed by atoms with Gasteiger partial charge in [0.05, 0.1) is 24.3 Å². The van der Waals surface area contributed by atoms with E-state index in [-0.39, 0.29) is 121 Å². The number of carboxylic acids is 1. The Hall–Kier alpha value is -9.01. The SMILES string of the molecule is COCOc1cc2c(c(OCOC)c1OCc1ccccc1)-c1c(cc(OCOC)c(Oc3c(C(=O)O)cc(OCc4ccccc4)c(OCc4ccccc4)c3OCc3ccccc3)c1OCOC)C(=O)OCCCOC2=O. The van der Waals surface area contributed by atoms with Gasteiger partial charge in [0, 0.05) is 52.1 Å². The molecule has 0 atom stereocenters. The van der Waals surface area contributed by atoms with Crippen molar-refractivity contribution in [3.8, 4) is 68.6 Å². The van der Waals surface area contributed by atoms with Gasteiger partial charge < -0.3 is 76.2 Å². The number of carbonyl (C=O) groups excluding carboxylic acids is 2. The summed E-state index contributed by atoms with van der Waals surface area (Å²) in [5, 5.41) is 11.3. The highest BCUT2D eigenvalue weighted by atomic mass is 16.7. The lowest BCUT2D eigenvalue weighted by molar-refractivity contribution is 0.0372. The normalized spacial score (nSPS) is 12.1. The summed E-state index contributed by atoms with van der Waals surface area (Å²) in [5.74, 6) is -5.34. The number of benzene rings is 7. The van der Waals surface area contributed by atoms with E-state index in [1.54, 1.807) is 0 Å². The van der Waals surface area contributed by atoms with E-state index in [4.69, 9.17) is 71.1 Å². The van der Waals surface area contributed by atoms with Crippen molar-refractivity contribution in [1.82, 2.24) is 0 Å². The average molecular weight is 1080 g/mol. The zero-order valence-electron chi connectivity index (χ0n) is 43.9. The molecule has 0 amide bonds. The highest BCUT2D eigenvalue weighted by molar-refractivity contribution is 6.09. The number of hydrogen-bond acceptors (Lipinski definition) is 18. The second-order valence-corrected chi connectivity index (χ2v) is 17.2. The number of carboxylic acid groups (broad SMARTS) is 1. The van der Waals surface area contributed by atoms with E-state index in [0.29, 0.717) is 5.56 Å². The van der Waals surface area contributed by atoms with Gasteiger partial charge in [0.2, 0.25) is 23.0 Å². The fraction of sp³-hybridized carbons (Fsp3) is 0.250. The van der Waals surface area contributed by atoms with Gasteiger partial charge in [-0.05, 0) is 34.4 Å². The molecule has 0 fully saturated rings. The van der Waals surface area contributed by atoms with Crippen molar-refractivity contribution in [3.63, 3.8) is 0 Å². The molecule has 0 saturated carbocycles. The van der Waals surface area contributed by atoms with E-state index in [9.17, 15) is 19.5 Å². The third kappa shape index (κ3) is 14.3. The van der Waals surface area contributed by atoms with Gasteiger partial charge in [0.25, 0.3) is 0 Å². The van der Waals surface area contributed by atoms with Crippen molar-refractivity contribution >= 4 is 17.9 Å². The number of methoxy groups -OCH3 is 4. The fourth-order valence-corrected chi connectivity index (χ4v) is 8.06. The minimum atomic E-state index is -1.48. The Morgan fingerprint density at radius 2 is 0.772 bits per heavy atom. The van der Waals surface area contributed by atoms with Crippen LogP contribution in [0.2, 0.25) is 0 Å². The number of rotatable bonds is 27. The molecule has 0 aliphatic carbocycles. The second kappa shape index (κ2) is 28.4. The van der Waals surface area contributed by atoms with Crippen LogP contribution < -0.4 is 42.6 Å². The van der Waals surface area contributed by atoms with Crippen LogP contribution in [0.25, 0.3) is 11.1 Å². The molecular weight excluding hydrogens is 1020 g/mol. The number of carbonyl (C=O) groups is 3. The van der Waals surface area contributed by atoms with Crippen LogP contribution in [-0.4, -0.2) is 91.8 Å². The Morgan fingerprint density at radius 1 is 0.418 bits per heavy atom. The second-order valence-electron chi connectivity index (χ2n) is 17.2. The monoisotopic (exact) mass is 1080 g/mol. The summed E-state index contributed by atoms with van der Waals surface area (Å²) in [4.78, 5) is 43.4. The van der Waals surface area contributed by atoms with Crippen LogP contribution in [0, 0.1) is 0 Å². The molecule has 1 aliphatic heterocycles. The summed E-state index contributed by atoms with van der Waals surface area (Å²) < 4.78 is 91.8. The molecule has 0 radical (unpaired) electrons. The van der Waals surface area contributed by atoms with Crippen molar-refractivity contribution in [1.29, 1.82) is 0 Å². The van der Waals surface area contributed by atoms with E-state index >= 15 is 0 Å². The third-order valence-corrected chi connectivity index (χ3v) is 11.7. The van der Waals surface area contributed by atoms with E-state index in [0.717, 1.165) is 16.7 Å². The number of aromatic carboxylic acids is 1. The van der Waals surface area contributed by atoms with Crippen LogP contribution >= 0.6 is 0 Å².